The Hall–Kier alpha value is -1.55. The van der Waals surface area contributed by atoms with E-state index in [1.165, 1.54) is 6.07 Å². The van der Waals surface area contributed by atoms with Gasteiger partial charge >= 0.3 is 0 Å². The average Bonchev–Trinajstić information content (AvgIpc) is 2.74. The average molecular weight is 268 g/mol. The van der Waals surface area contributed by atoms with E-state index in [2.05, 4.69) is 5.10 Å². The van der Waals surface area contributed by atoms with Crippen molar-refractivity contribution in [3.63, 3.8) is 0 Å². The Morgan fingerprint density at radius 2 is 2.17 bits per heavy atom. The number of aromatic nitrogens is 2. The number of halogens is 2. The maximum Gasteiger partial charge on any atom is 0.146 e. The quantitative estimate of drug-likeness (QED) is 0.794. The standard InChI is InChI=1S/C13H15ClFN3/c1-17(8-11-7-16-18(2)9-11)13-4-3-10(6-14)5-12(13)15/h3-5,7,9H,6,8H2,1-2H3. The molecule has 0 bridgehead atoms. The molecular formula is C13H15ClFN3. The highest BCUT2D eigenvalue weighted by atomic mass is 35.5. The van der Waals surface area contributed by atoms with Crippen LogP contribution in [0.25, 0.3) is 0 Å². The Labute approximate surface area is 111 Å². The van der Waals surface area contributed by atoms with Crippen LogP contribution in [-0.4, -0.2) is 16.8 Å². The van der Waals surface area contributed by atoms with Crippen LogP contribution in [-0.2, 0) is 19.5 Å². The Morgan fingerprint density at radius 1 is 1.39 bits per heavy atom. The molecule has 0 unspecified atom stereocenters. The topological polar surface area (TPSA) is 21.1 Å². The first-order chi connectivity index (χ1) is 8.60. The predicted molar refractivity (Wildman–Crippen MR) is 71.3 cm³/mol. The lowest BCUT2D eigenvalue weighted by Gasteiger charge is -2.19. The maximum absolute atomic E-state index is 13.9. The van der Waals surface area contributed by atoms with Gasteiger partial charge in [0.05, 0.1) is 11.9 Å². The number of anilines is 1. The summed E-state index contributed by atoms with van der Waals surface area (Å²) in [6.45, 7) is 0.616. The van der Waals surface area contributed by atoms with Gasteiger partial charge in [-0.15, -0.1) is 11.6 Å². The molecule has 0 radical (unpaired) electrons. The van der Waals surface area contributed by atoms with Gasteiger partial charge in [-0.25, -0.2) is 4.39 Å². The summed E-state index contributed by atoms with van der Waals surface area (Å²) in [6.07, 6.45) is 3.70. The molecule has 3 nitrogen and oxygen atoms in total. The van der Waals surface area contributed by atoms with Crippen molar-refractivity contribution in [3.8, 4) is 0 Å². The molecule has 0 saturated carbocycles. The summed E-state index contributed by atoms with van der Waals surface area (Å²) >= 11 is 5.67. The fourth-order valence-electron chi connectivity index (χ4n) is 1.86. The van der Waals surface area contributed by atoms with Gasteiger partial charge in [-0.05, 0) is 17.7 Å². The van der Waals surface area contributed by atoms with Crippen LogP contribution in [0.1, 0.15) is 11.1 Å². The first kappa shape index (κ1) is 12.9. The summed E-state index contributed by atoms with van der Waals surface area (Å²) in [5, 5.41) is 4.09. The van der Waals surface area contributed by atoms with Crippen molar-refractivity contribution in [2.24, 2.45) is 7.05 Å². The molecule has 1 heterocycles. The van der Waals surface area contributed by atoms with Crippen LogP contribution in [0.4, 0.5) is 10.1 Å². The molecule has 96 valence electrons. The summed E-state index contributed by atoms with van der Waals surface area (Å²) in [4.78, 5) is 1.85. The van der Waals surface area contributed by atoms with Crippen LogP contribution < -0.4 is 4.90 Å². The number of rotatable bonds is 4. The molecule has 0 fully saturated rings. The normalized spacial score (nSPS) is 10.7. The van der Waals surface area contributed by atoms with Crippen LogP contribution in [0, 0.1) is 5.82 Å². The number of alkyl halides is 1. The number of aryl methyl sites for hydroxylation is 1. The van der Waals surface area contributed by atoms with Crippen molar-refractivity contribution < 1.29 is 4.39 Å². The highest BCUT2D eigenvalue weighted by molar-refractivity contribution is 6.17. The summed E-state index contributed by atoms with van der Waals surface area (Å²) in [6, 6.07) is 5.07. The number of hydrogen-bond acceptors (Lipinski definition) is 2. The van der Waals surface area contributed by atoms with Gasteiger partial charge in [0.25, 0.3) is 0 Å². The fourth-order valence-corrected chi connectivity index (χ4v) is 2.02. The van der Waals surface area contributed by atoms with Crippen LogP contribution in [0.5, 0.6) is 0 Å². The second kappa shape index (κ2) is 5.40. The molecule has 0 aliphatic heterocycles. The van der Waals surface area contributed by atoms with Crippen molar-refractivity contribution in [2.45, 2.75) is 12.4 Å². The zero-order chi connectivity index (χ0) is 13.1. The molecule has 0 aliphatic carbocycles. The highest BCUT2D eigenvalue weighted by Crippen LogP contribution is 2.21. The number of nitrogens with zero attached hydrogens (tertiary/aromatic N) is 3. The van der Waals surface area contributed by atoms with Gasteiger partial charge in [0.2, 0.25) is 0 Å². The van der Waals surface area contributed by atoms with E-state index in [9.17, 15) is 4.39 Å². The lowest BCUT2D eigenvalue weighted by Crippen LogP contribution is -2.17. The van der Waals surface area contributed by atoms with Crippen LogP contribution in [0.15, 0.2) is 30.6 Å². The molecule has 5 heteroatoms. The number of benzene rings is 1. The van der Waals surface area contributed by atoms with E-state index in [0.717, 1.165) is 11.1 Å². The minimum absolute atomic E-state index is 0.250. The summed E-state index contributed by atoms with van der Waals surface area (Å²) in [5.74, 6) is 0.0725. The van der Waals surface area contributed by atoms with E-state index in [4.69, 9.17) is 11.6 Å². The zero-order valence-corrected chi connectivity index (χ0v) is 11.2. The van der Waals surface area contributed by atoms with E-state index < -0.39 is 0 Å². The van der Waals surface area contributed by atoms with Gasteiger partial charge in [0.15, 0.2) is 0 Å². The van der Waals surface area contributed by atoms with E-state index >= 15 is 0 Å². The molecular weight excluding hydrogens is 253 g/mol. The van der Waals surface area contributed by atoms with E-state index in [0.29, 0.717) is 18.1 Å². The van der Waals surface area contributed by atoms with Crippen LogP contribution >= 0.6 is 11.6 Å². The zero-order valence-electron chi connectivity index (χ0n) is 10.4. The second-order valence-corrected chi connectivity index (χ2v) is 4.56. The van der Waals surface area contributed by atoms with Gasteiger partial charge in [-0.1, -0.05) is 6.07 Å². The molecule has 0 amide bonds. The third-order valence-corrected chi connectivity index (χ3v) is 3.06. The Morgan fingerprint density at radius 3 is 2.72 bits per heavy atom. The molecule has 1 aromatic carbocycles. The van der Waals surface area contributed by atoms with Crippen LogP contribution in [0.3, 0.4) is 0 Å². The van der Waals surface area contributed by atoms with E-state index in [1.54, 1.807) is 16.9 Å². The highest BCUT2D eigenvalue weighted by Gasteiger charge is 2.09. The largest absolute Gasteiger partial charge is 0.368 e. The maximum atomic E-state index is 13.9. The Balaban J connectivity index is 2.15. The van der Waals surface area contributed by atoms with Crippen molar-refractivity contribution in [2.75, 3.05) is 11.9 Å². The fraction of sp³-hybridized carbons (Fsp3) is 0.308. The number of hydrogen-bond donors (Lipinski definition) is 0. The lowest BCUT2D eigenvalue weighted by atomic mass is 10.2. The second-order valence-electron chi connectivity index (χ2n) is 4.30. The molecule has 0 N–H and O–H groups in total. The summed E-state index contributed by atoms with van der Waals surface area (Å²) in [7, 11) is 3.71. The van der Waals surface area contributed by atoms with Gasteiger partial charge in [-0.2, -0.15) is 5.10 Å². The summed E-state index contributed by atoms with van der Waals surface area (Å²) < 4.78 is 15.6. The van der Waals surface area contributed by atoms with Crippen molar-refractivity contribution in [3.05, 3.63) is 47.5 Å². The third-order valence-electron chi connectivity index (χ3n) is 2.76. The minimum Gasteiger partial charge on any atom is -0.368 e. The molecule has 0 saturated heterocycles. The van der Waals surface area contributed by atoms with Gasteiger partial charge in [0, 0.05) is 38.3 Å². The first-order valence-corrected chi connectivity index (χ1v) is 6.16. The molecule has 1 aromatic heterocycles. The molecule has 2 aromatic rings. The van der Waals surface area contributed by atoms with E-state index in [-0.39, 0.29) is 5.82 Å². The van der Waals surface area contributed by atoms with Gasteiger partial charge < -0.3 is 4.90 Å². The van der Waals surface area contributed by atoms with Gasteiger partial charge in [0.1, 0.15) is 5.82 Å². The lowest BCUT2D eigenvalue weighted by molar-refractivity contribution is 0.621. The van der Waals surface area contributed by atoms with Crippen molar-refractivity contribution in [1.82, 2.24) is 9.78 Å². The third kappa shape index (κ3) is 2.82. The Bertz CT molecular complexity index is 539. The first-order valence-electron chi connectivity index (χ1n) is 5.63. The van der Waals surface area contributed by atoms with Crippen molar-refractivity contribution >= 4 is 17.3 Å². The molecule has 0 aliphatic rings. The van der Waals surface area contributed by atoms with Crippen LogP contribution in [0.2, 0.25) is 0 Å². The predicted octanol–water partition coefficient (Wildman–Crippen LogP) is 2.93. The van der Waals surface area contributed by atoms with Crippen molar-refractivity contribution in [1.29, 1.82) is 0 Å². The molecule has 0 atom stereocenters. The smallest absolute Gasteiger partial charge is 0.146 e. The Kier molecular flexibility index (Phi) is 3.87. The summed E-state index contributed by atoms with van der Waals surface area (Å²) in [5.41, 5.74) is 2.39. The monoisotopic (exact) mass is 267 g/mol. The minimum atomic E-state index is -0.250. The molecule has 2 rings (SSSR count). The molecule has 0 spiro atoms. The van der Waals surface area contributed by atoms with Gasteiger partial charge in [-0.3, -0.25) is 4.68 Å². The van der Waals surface area contributed by atoms with E-state index in [1.807, 2.05) is 31.3 Å². The SMILES string of the molecule is CN(Cc1cnn(C)c1)c1ccc(CCl)cc1F. The molecule has 18 heavy (non-hydrogen) atoms.